The van der Waals surface area contributed by atoms with Gasteiger partial charge in [0.2, 0.25) is 0 Å². The summed E-state index contributed by atoms with van der Waals surface area (Å²) >= 11 is 0. The van der Waals surface area contributed by atoms with Crippen LogP contribution in [-0.2, 0) is 9.53 Å². The second-order valence-corrected chi connectivity index (χ2v) is 2.56. The highest BCUT2D eigenvalue weighted by Crippen LogP contribution is 2.05. The summed E-state index contributed by atoms with van der Waals surface area (Å²) in [7, 11) is 0. The highest BCUT2D eigenvalue weighted by molar-refractivity contribution is 5.70. The number of allylic oxidation sites excluding steroid dienone is 1. The average Bonchev–Trinajstić information content (AvgIpc) is 2.03. The van der Waals surface area contributed by atoms with Crippen LogP contribution >= 0.6 is 0 Å². The molecule has 0 rings (SSSR count). The molecule has 0 saturated heterocycles. The van der Waals surface area contributed by atoms with E-state index >= 15 is 0 Å². The van der Waals surface area contributed by atoms with Gasteiger partial charge in [0.05, 0.1) is 19.1 Å². The van der Waals surface area contributed by atoms with Crippen molar-refractivity contribution >= 4 is 5.97 Å². The summed E-state index contributed by atoms with van der Waals surface area (Å²) in [6, 6.07) is 0. The number of esters is 1. The van der Waals surface area contributed by atoms with E-state index in [1.54, 1.807) is 19.9 Å². The number of carbonyl (C=O) groups excluding carboxylic acids is 1. The van der Waals surface area contributed by atoms with Gasteiger partial charge in [-0.15, -0.1) is 0 Å². The molecule has 0 aromatic rings. The van der Waals surface area contributed by atoms with Gasteiger partial charge in [0, 0.05) is 0 Å². The van der Waals surface area contributed by atoms with Gasteiger partial charge in [-0.05, 0) is 26.3 Å². The van der Waals surface area contributed by atoms with Gasteiger partial charge < -0.3 is 9.84 Å². The Morgan fingerprint density at radius 3 is 2.67 bits per heavy atom. The zero-order chi connectivity index (χ0) is 9.56. The fourth-order valence-corrected chi connectivity index (χ4v) is 0.731. The Balaban J connectivity index is 3.84. The van der Waals surface area contributed by atoms with E-state index in [2.05, 4.69) is 4.74 Å². The monoisotopic (exact) mass is 172 g/mol. The van der Waals surface area contributed by atoms with Crippen molar-refractivity contribution in [3.63, 3.8) is 0 Å². The molecule has 70 valence electrons. The summed E-state index contributed by atoms with van der Waals surface area (Å²) in [5.41, 5.74) is 0.794. The highest BCUT2D eigenvalue weighted by atomic mass is 16.5. The van der Waals surface area contributed by atoms with Gasteiger partial charge in [-0.2, -0.15) is 0 Å². The van der Waals surface area contributed by atoms with E-state index in [-0.39, 0.29) is 12.4 Å². The molecule has 3 nitrogen and oxygen atoms in total. The Labute approximate surface area is 73.0 Å². The summed E-state index contributed by atoms with van der Waals surface area (Å²) in [5, 5.41) is 9.35. The zero-order valence-corrected chi connectivity index (χ0v) is 7.83. The molecule has 0 spiro atoms. The first-order chi connectivity index (χ1) is 5.61. The van der Waals surface area contributed by atoms with Crippen LogP contribution in [0.4, 0.5) is 0 Å². The topological polar surface area (TPSA) is 46.5 Å². The van der Waals surface area contributed by atoms with Crippen molar-refractivity contribution in [3.05, 3.63) is 11.6 Å². The number of aliphatic hydroxyl groups excluding tert-OH is 1. The predicted octanol–water partition coefficient (Wildman–Crippen LogP) is 1.27. The average molecular weight is 172 g/mol. The molecule has 1 unspecified atom stereocenters. The van der Waals surface area contributed by atoms with E-state index in [0.717, 1.165) is 5.57 Å². The van der Waals surface area contributed by atoms with E-state index in [4.69, 9.17) is 0 Å². The lowest BCUT2D eigenvalue weighted by atomic mass is 10.1. The van der Waals surface area contributed by atoms with Crippen molar-refractivity contribution in [2.24, 2.45) is 0 Å². The lowest BCUT2D eigenvalue weighted by molar-refractivity contribution is -0.144. The molecule has 0 aliphatic heterocycles. The first-order valence-electron chi connectivity index (χ1n) is 4.08. The lowest BCUT2D eigenvalue weighted by Gasteiger charge is -2.09. The summed E-state index contributed by atoms with van der Waals surface area (Å²) in [5.74, 6) is -0.355. The van der Waals surface area contributed by atoms with E-state index in [1.165, 1.54) is 0 Å². The highest BCUT2D eigenvalue weighted by Gasteiger charge is 2.11. The van der Waals surface area contributed by atoms with Gasteiger partial charge >= 0.3 is 5.97 Å². The fraction of sp³-hybridized carbons (Fsp3) is 0.667. The van der Waals surface area contributed by atoms with Gasteiger partial charge in [-0.1, -0.05) is 6.08 Å². The Kier molecular flexibility index (Phi) is 5.37. The number of aliphatic hydroxyl groups is 1. The molecule has 0 aliphatic carbocycles. The molecule has 0 aliphatic rings. The van der Waals surface area contributed by atoms with Crippen molar-refractivity contribution < 1.29 is 14.6 Å². The van der Waals surface area contributed by atoms with Crippen LogP contribution in [0.5, 0.6) is 0 Å². The molecule has 3 heteroatoms. The Morgan fingerprint density at radius 1 is 1.67 bits per heavy atom. The van der Waals surface area contributed by atoms with Crippen LogP contribution in [0.1, 0.15) is 27.2 Å². The third kappa shape index (κ3) is 4.13. The minimum atomic E-state index is -0.700. The van der Waals surface area contributed by atoms with Crippen LogP contribution in [0, 0.1) is 0 Å². The number of ether oxygens (including phenoxy) is 1. The number of rotatable bonds is 4. The molecule has 0 saturated carbocycles. The van der Waals surface area contributed by atoms with E-state index in [1.807, 2.05) is 6.92 Å². The molecule has 1 N–H and O–H groups in total. The maximum atomic E-state index is 10.9. The van der Waals surface area contributed by atoms with E-state index in [0.29, 0.717) is 6.61 Å². The normalized spacial score (nSPS) is 14.2. The lowest BCUT2D eigenvalue weighted by Crippen LogP contribution is -2.16. The second-order valence-electron chi connectivity index (χ2n) is 2.56. The molecule has 0 fully saturated rings. The summed E-state index contributed by atoms with van der Waals surface area (Å²) < 4.78 is 4.68. The van der Waals surface area contributed by atoms with Gasteiger partial charge in [0.15, 0.2) is 0 Å². The molecular formula is C9H16O3. The van der Waals surface area contributed by atoms with Crippen LogP contribution in [0.2, 0.25) is 0 Å². The van der Waals surface area contributed by atoms with Crippen LogP contribution < -0.4 is 0 Å². The van der Waals surface area contributed by atoms with Gasteiger partial charge in [0.25, 0.3) is 0 Å². The molecular weight excluding hydrogens is 156 g/mol. The molecule has 0 aromatic carbocycles. The van der Waals surface area contributed by atoms with Crippen molar-refractivity contribution in [3.8, 4) is 0 Å². The molecule has 0 amide bonds. The third-order valence-electron chi connectivity index (χ3n) is 1.65. The van der Waals surface area contributed by atoms with Gasteiger partial charge in [-0.25, -0.2) is 0 Å². The van der Waals surface area contributed by atoms with Crippen molar-refractivity contribution in [1.82, 2.24) is 0 Å². The maximum Gasteiger partial charge on any atom is 0.308 e. The summed E-state index contributed by atoms with van der Waals surface area (Å²) in [4.78, 5) is 10.9. The molecule has 0 heterocycles. The molecule has 0 aromatic heterocycles. The van der Waals surface area contributed by atoms with E-state index in [9.17, 15) is 9.90 Å². The first kappa shape index (κ1) is 11.2. The SMILES string of the molecule is CC=C(C)C(O)CC(=O)OCC. The smallest absolute Gasteiger partial charge is 0.308 e. The molecule has 12 heavy (non-hydrogen) atoms. The Morgan fingerprint density at radius 2 is 2.25 bits per heavy atom. The van der Waals surface area contributed by atoms with Crippen LogP contribution in [0.25, 0.3) is 0 Å². The number of carbonyl (C=O) groups is 1. The van der Waals surface area contributed by atoms with Crippen molar-refractivity contribution in [1.29, 1.82) is 0 Å². The second kappa shape index (κ2) is 5.77. The van der Waals surface area contributed by atoms with Crippen molar-refractivity contribution in [2.75, 3.05) is 6.61 Å². The largest absolute Gasteiger partial charge is 0.466 e. The third-order valence-corrected chi connectivity index (χ3v) is 1.65. The van der Waals surface area contributed by atoms with E-state index < -0.39 is 6.10 Å². The van der Waals surface area contributed by atoms with Crippen LogP contribution in [-0.4, -0.2) is 23.8 Å². The van der Waals surface area contributed by atoms with Crippen molar-refractivity contribution in [2.45, 2.75) is 33.3 Å². The molecule has 0 radical (unpaired) electrons. The summed E-state index contributed by atoms with van der Waals surface area (Å²) in [6.45, 7) is 5.71. The van der Waals surface area contributed by atoms with Gasteiger partial charge in [0.1, 0.15) is 0 Å². The minimum Gasteiger partial charge on any atom is -0.466 e. The van der Waals surface area contributed by atoms with Gasteiger partial charge in [-0.3, -0.25) is 4.79 Å². The first-order valence-corrected chi connectivity index (χ1v) is 4.08. The molecule has 1 atom stereocenters. The Bertz CT molecular complexity index is 173. The standard InChI is InChI=1S/C9H16O3/c1-4-7(3)8(10)6-9(11)12-5-2/h4,8,10H,5-6H2,1-3H3. The predicted molar refractivity (Wildman–Crippen MR) is 46.7 cm³/mol. The van der Waals surface area contributed by atoms with Crippen LogP contribution in [0.15, 0.2) is 11.6 Å². The number of hydrogen-bond acceptors (Lipinski definition) is 3. The Hall–Kier alpha value is -0.830. The summed E-state index contributed by atoms with van der Waals surface area (Å²) in [6.07, 6.45) is 1.13. The zero-order valence-electron chi connectivity index (χ0n) is 7.83. The maximum absolute atomic E-state index is 10.9. The fourth-order valence-electron chi connectivity index (χ4n) is 0.731. The minimum absolute atomic E-state index is 0.0456. The number of hydrogen-bond donors (Lipinski definition) is 1. The quantitative estimate of drug-likeness (QED) is 0.513. The molecule has 0 bridgehead atoms. The van der Waals surface area contributed by atoms with Crippen LogP contribution in [0.3, 0.4) is 0 Å².